The lowest BCUT2D eigenvalue weighted by Gasteiger charge is -2.28. The van der Waals surface area contributed by atoms with Crippen molar-refractivity contribution in [3.63, 3.8) is 0 Å². The average Bonchev–Trinajstić information content (AvgIpc) is 2.78. The van der Waals surface area contributed by atoms with Crippen LogP contribution in [-0.2, 0) is 14.3 Å². The molecule has 1 aliphatic rings. The molecule has 0 saturated carbocycles. The molecule has 1 aliphatic heterocycles. The Balaban J connectivity index is 1.75. The number of imide groups is 1. The lowest BCUT2D eigenvalue weighted by Crippen LogP contribution is -2.41. The molecule has 0 radical (unpaired) electrons. The summed E-state index contributed by atoms with van der Waals surface area (Å²) in [7, 11) is 0. The Bertz CT molecular complexity index is 1180. The summed E-state index contributed by atoms with van der Waals surface area (Å²) < 4.78 is 10.1. The number of carbonyl (C=O) groups is 4. The van der Waals surface area contributed by atoms with Crippen LogP contribution in [-0.4, -0.2) is 36.5 Å². The number of anilines is 1. The van der Waals surface area contributed by atoms with Crippen molar-refractivity contribution in [2.75, 3.05) is 11.5 Å². The molecule has 0 fully saturated rings. The van der Waals surface area contributed by atoms with Crippen molar-refractivity contribution in [3.8, 4) is 0 Å². The molecule has 0 N–H and O–H groups in total. The minimum atomic E-state index is -1.14. The second-order valence-corrected chi connectivity index (χ2v) is 6.97. The van der Waals surface area contributed by atoms with Crippen molar-refractivity contribution < 1.29 is 28.7 Å². The first kappa shape index (κ1) is 20.3. The highest BCUT2D eigenvalue weighted by Crippen LogP contribution is 2.34. The minimum absolute atomic E-state index is 0.00750. The lowest BCUT2D eigenvalue weighted by molar-refractivity contribution is -0.152. The number of hydrogen-bond donors (Lipinski definition) is 0. The number of para-hydroxylation sites is 1. The van der Waals surface area contributed by atoms with Crippen molar-refractivity contribution in [3.05, 3.63) is 77.4 Å². The number of rotatable bonds is 5. The standard InChI is InChI=1S/C24H19NO6/c1-3-30-23(28)14(2)31-24(29)16-10-4-5-13-19(16)25-21(26)17-11-6-8-15-9-7-12-18(20(15)17)22(25)27/h4-14H,3H2,1-2H3/t14-/m0/s1. The second kappa shape index (κ2) is 8.02. The van der Waals surface area contributed by atoms with E-state index in [4.69, 9.17) is 9.47 Å². The molecule has 0 unspecified atom stereocenters. The molecule has 4 rings (SSSR count). The van der Waals surface area contributed by atoms with E-state index in [1.54, 1.807) is 43.3 Å². The zero-order valence-corrected chi connectivity index (χ0v) is 17.0. The molecule has 7 nitrogen and oxygen atoms in total. The number of nitrogens with zero attached hydrogens (tertiary/aromatic N) is 1. The molecule has 0 saturated heterocycles. The first-order valence-electron chi connectivity index (χ1n) is 9.81. The molecule has 2 amide bonds. The summed E-state index contributed by atoms with van der Waals surface area (Å²) in [5, 5.41) is 1.37. The number of hydrogen-bond acceptors (Lipinski definition) is 6. The predicted octanol–water partition coefficient (Wildman–Crippen LogP) is 3.75. The van der Waals surface area contributed by atoms with Gasteiger partial charge in [-0.3, -0.25) is 9.59 Å². The molecular formula is C24H19NO6. The molecule has 0 spiro atoms. The Labute approximate surface area is 178 Å². The number of esters is 2. The largest absolute Gasteiger partial charge is 0.463 e. The van der Waals surface area contributed by atoms with Gasteiger partial charge in [0.2, 0.25) is 0 Å². The molecular weight excluding hydrogens is 398 g/mol. The third-order valence-corrected chi connectivity index (χ3v) is 5.04. The monoisotopic (exact) mass is 417 g/mol. The van der Waals surface area contributed by atoms with Gasteiger partial charge in [-0.15, -0.1) is 0 Å². The van der Waals surface area contributed by atoms with E-state index < -0.39 is 29.9 Å². The van der Waals surface area contributed by atoms with Crippen LogP contribution < -0.4 is 4.90 Å². The van der Waals surface area contributed by atoms with Gasteiger partial charge >= 0.3 is 11.9 Å². The Morgan fingerprint density at radius 3 is 2.13 bits per heavy atom. The van der Waals surface area contributed by atoms with Gasteiger partial charge in [0.25, 0.3) is 11.8 Å². The Morgan fingerprint density at radius 2 is 1.52 bits per heavy atom. The number of ether oxygens (including phenoxy) is 2. The first-order valence-corrected chi connectivity index (χ1v) is 9.81. The highest BCUT2D eigenvalue weighted by atomic mass is 16.6. The fraction of sp³-hybridized carbons (Fsp3) is 0.167. The molecule has 31 heavy (non-hydrogen) atoms. The summed E-state index contributed by atoms with van der Waals surface area (Å²) in [4.78, 5) is 52.2. The lowest BCUT2D eigenvalue weighted by atomic mass is 9.93. The number of amides is 2. The van der Waals surface area contributed by atoms with Crippen LogP contribution >= 0.6 is 0 Å². The van der Waals surface area contributed by atoms with Crippen molar-refractivity contribution in [2.45, 2.75) is 20.0 Å². The summed E-state index contributed by atoms with van der Waals surface area (Å²) in [6.07, 6.45) is -1.14. The zero-order chi connectivity index (χ0) is 22.1. The average molecular weight is 417 g/mol. The highest BCUT2D eigenvalue weighted by molar-refractivity contribution is 6.36. The van der Waals surface area contributed by atoms with E-state index in [-0.39, 0.29) is 17.9 Å². The van der Waals surface area contributed by atoms with Gasteiger partial charge in [0.1, 0.15) is 0 Å². The fourth-order valence-electron chi connectivity index (χ4n) is 3.62. The summed E-state index contributed by atoms with van der Waals surface area (Å²) in [6, 6.07) is 16.6. The third kappa shape index (κ3) is 3.44. The van der Waals surface area contributed by atoms with E-state index in [9.17, 15) is 19.2 Å². The van der Waals surface area contributed by atoms with Gasteiger partial charge in [0.05, 0.1) is 17.9 Å². The normalized spacial score (nSPS) is 13.8. The number of benzene rings is 3. The third-order valence-electron chi connectivity index (χ3n) is 5.04. The van der Waals surface area contributed by atoms with Crippen LogP contribution in [0.3, 0.4) is 0 Å². The fourth-order valence-corrected chi connectivity index (χ4v) is 3.62. The van der Waals surface area contributed by atoms with Gasteiger partial charge in [-0.25, -0.2) is 14.5 Å². The molecule has 1 atom stereocenters. The Kier molecular flexibility index (Phi) is 5.25. The summed E-state index contributed by atoms with van der Waals surface area (Å²) in [5.74, 6) is -2.59. The molecule has 3 aromatic rings. The minimum Gasteiger partial charge on any atom is -0.463 e. The zero-order valence-electron chi connectivity index (χ0n) is 17.0. The summed E-state index contributed by atoms with van der Waals surface area (Å²) in [5.41, 5.74) is 0.823. The van der Waals surface area contributed by atoms with Crippen LogP contribution in [0.25, 0.3) is 10.8 Å². The van der Waals surface area contributed by atoms with Gasteiger partial charge in [-0.2, -0.15) is 0 Å². The maximum absolute atomic E-state index is 13.3. The topological polar surface area (TPSA) is 90.0 Å². The smallest absolute Gasteiger partial charge is 0.347 e. The van der Waals surface area contributed by atoms with E-state index in [2.05, 4.69) is 0 Å². The Morgan fingerprint density at radius 1 is 0.903 bits per heavy atom. The van der Waals surface area contributed by atoms with Crippen LogP contribution in [0, 0.1) is 0 Å². The van der Waals surface area contributed by atoms with Gasteiger partial charge < -0.3 is 9.47 Å². The molecule has 0 bridgehead atoms. The van der Waals surface area contributed by atoms with E-state index in [1.165, 1.54) is 19.1 Å². The first-order chi connectivity index (χ1) is 14.9. The molecule has 156 valence electrons. The van der Waals surface area contributed by atoms with Gasteiger partial charge in [0.15, 0.2) is 6.10 Å². The Hall–Kier alpha value is -4.00. The summed E-state index contributed by atoms with van der Waals surface area (Å²) >= 11 is 0. The maximum Gasteiger partial charge on any atom is 0.347 e. The van der Waals surface area contributed by atoms with E-state index in [1.807, 2.05) is 12.1 Å². The van der Waals surface area contributed by atoms with E-state index in [0.717, 1.165) is 10.3 Å². The van der Waals surface area contributed by atoms with Crippen molar-refractivity contribution >= 4 is 40.2 Å². The van der Waals surface area contributed by atoms with E-state index >= 15 is 0 Å². The molecule has 0 aromatic heterocycles. The maximum atomic E-state index is 13.3. The van der Waals surface area contributed by atoms with Gasteiger partial charge in [-0.05, 0) is 43.5 Å². The quantitative estimate of drug-likeness (QED) is 0.464. The molecule has 1 heterocycles. The predicted molar refractivity (Wildman–Crippen MR) is 113 cm³/mol. The molecule has 3 aromatic carbocycles. The van der Waals surface area contributed by atoms with Crippen molar-refractivity contribution in [1.29, 1.82) is 0 Å². The number of carbonyl (C=O) groups excluding carboxylic acids is 4. The summed E-state index contributed by atoms with van der Waals surface area (Å²) in [6.45, 7) is 3.19. The SMILES string of the molecule is CCOC(=O)[C@H](C)OC(=O)c1ccccc1N1C(=O)c2cccc3cccc(c23)C1=O. The highest BCUT2D eigenvalue weighted by Gasteiger charge is 2.36. The molecule has 7 heteroatoms. The van der Waals surface area contributed by atoms with Crippen LogP contribution in [0.4, 0.5) is 5.69 Å². The van der Waals surface area contributed by atoms with Crippen LogP contribution in [0.15, 0.2) is 60.7 Å². The van der Waals surface area contributed by atoms with Crippen LogP contribution in [0.5, 0.6) is 0 Å². The van der Waals surface area contributed by atoms with Crippen molar-refractivity contribution in [2.24, 2.45) is 0 Å². The van der Waals surface area contributed by atoms with Gasteiger partial charge in [-0.1, -0.05) is 36.4 Å². The van der Waals surface area contributed by atoms with Crippen molar-refractivity contribution in [1.82, 2.24) is 0 Å². The second-order valence-electron chi connectivity index (χ2n) is 6.97. The van der Waals surface area contributed by atoms with E-state index in [0.29, 0.717) is 16.5 Å². The van der Waals surface area contributed by atoms with Crippen LogP contribution in [0.1, 0.15) is 44.9 Å². The van der Waals surface area contributed by atoms with Gasteiger partial charge in [0, 0.05) is 16.5 Å². The molecule has 0 aliphatic carbocycles. The van der Waals surface area contributed by atoms with Crippen LogP contribution in [0.2, 0.25) is 0 Å².